The fourth-order valence-electron chi connectivity index (χ4n) is 1.47. The van der Waals surface area contributed by atoms with E-state index in [2.05, 4.69) is 20.4 Å². The summed E-state index contributed by atoms with van der Waals surface area (Å²) in [4.78, 5) is 17.6. The first kappa shape index (κ1) is 10.4. The van der Waals surface area contributed by atoms with Gasteiger partial charge in [-0.05, 0) is 6.42 Å². The van der Waals surface area contributed by atoms with Crippen LogP contribution in [0.3, 0.4) is 0 Å². The first-order chi connectivity index (χ1) is 7.69. The first-order valence-electron chi connectivity index (χ1n) is 5.03. The van der Waals surface area contributed by atoms with Crippen LogP contribution in [0.15, 0.2) is 23.4 Å². The molecule has 2 aromatic rings. The Morgan fingerprint density at radius 1 is 1.56 bits per heavy atom. The normalized spacial score (nSPS) is 10.4. The number of hydrogen-bond acceptors (Lipinski definition) is 4. The summed E-state index contributed by atoms with van der Waals surface area (Å²) in [7, 11) is 1.86. The van der Waals surface area contributed by atoms with Gasteiger partial charge in [-0.15, -0.1) is 0 Å². The summed E-state index contributed by atoms with van der Waals surface area (Å²) < 4.78 is 1.73. The predicted molar refractivity (Wildman–Crippen MR) is 60.7 cm³/mol. The number of aromatic amines is 1. The van der Waals surface area contributed by atoms with Gasteiger partial charge in [0.05, 0.1) is 17.7 Å². The number of nitrogens with one attached hydrogen (secondary N) is 2. The summed E-state index contributed by atoms with van der Waals surface area (Å²) in [5.74, 6) is 0.520. The Morgan fingerprint density at radius 3 is 3.06 bits per heavy atom. The summed E-state index contributed by atoms with van der Waals surface area (Å²) in [6.07, 6.45) is 4.06. The predicted octanol–water partition coefficient (Wildman–Crippen LogP) is 0.809. The topological polar surface area (TPSA) is 75.6 Å². The average Bonchev–Trinajstić information content (AvgIpc) is 2.59. The van der Waals surface area contributed by atoms with E-state index in [9.17, 15) is 4.79 Å². The number of H-pyrrole nitrogens is 1. The van der Waals surface area contributed by atoms with Crippen molar-refractivity contribution in [3.05, 3.63) is 34.6 Å². The van der Waals surface area contributed by atoms with Crippen molar-refractivity contribution >= 4 is 11.5 Å². The maximum atomic E-state index is 11.1. The summed E-state index contributed by atoms with van der Waals surface area (Å²) in [6, 6.07) is 1.41. The standard InChI is InChI=1S/C10H13N5O/c1-3-7-8(5-15(2)14-7)13-9-4-10(16)12-6-11-9/h4-6H,3H2,1-2H3,(H2,11,12,13,16). The Bertz CT molecular complexity index is 542. The van der Waals surface area contributed by atoms with Crippen molar-refractivity contribution in [1.82, 2.24) is 19.7 Å². The third-order valence-corrected chi connectivity index (χ3v) is 2.18. The van der Waals surface area contributed by atoms with Gasteiger partial charge in [0.2, 0.25) is 0 Å². The fraction of sp³-hybridized carbons (Fsp3) is 0.300. The van der Waals surface area contributed by atoms with E-state index in [0.29, 0.717) is 5.82 Å². The van der Waals surface area contributed by atoms with E-state index in [4.69, 9.17) is 0 Å². The van der Waals surface area contributed by atoms with E-state index < -0.39 is 0 Å². The number of anilines is 2. The number of hydrogen-bond donors (Lipinski definition) is 2. The number of rotatable bonds is 3. The van der Waals surface area contributed by atoms with Crippen LogP contribution in [0.1, 0.15) is 12.6 Å². The molecule has 0 saturated heterocycles. The molecule has 2 aromatic heterocycles. The average molecular weight is 219 g/mol. The van der Waals surface area contributed by atoms with Crippen LogP contribution in [0.5, 0.6) is 0 Å². The molecule has 0 aliphatic rings. The third kappa shape index (κ3) is 2.10. The van der Waals surface area contributed by atoms with Crippen LogP contribution in [-0.2, 0) is 13.5 Å². The van der Waals surface area contributed by atoms with Crippen molar-refractivity contribution in [3.63, 3.8) is 0 Å². The molecule has 0 aromatic carbocycles. The molecule has 0 unspecified atom stereocenters. The Hall–Kier alpha value is -2.11. The van der Waals surface area contributed by atoms with Crippen molar-refractivity contribution < 1.29 is 0 Å². The molecule has 16 heavy (non-hydrogen) atoms. The molecule has 0 amide bonds. The van der Waals surface area contributed by atoms with Gasteiger partial charge in [0.15, 0.2) is 0 Å². The molecule has 2 heterocycles. The first-order valence-corrected chi connectivity index (χ1v) is 5.03. The zero-order valence-electron chi connectivity index (χ0n) is 9.19. The maximum absolute atomic E-state index is 11.1. The summed E-state index contributed by atoms with van der Waals surface area (Å²) in [5.41, 5.74) is 1.65. The van der Waals surface area contributed by atoms with Crippen molar-refractivity contribution in [2.75, 3.05) is 5.32 Å². The lowest BCUT2D eigenvalue weighted by molar-refractivity contribution is 0.746. The quantitative estimate of drug-likeness (QED) is 0.801. The van der Waals surface area contributed by atoms with E-state index in [1.54, 1.807) is 4.68 Å². The molecule has 0 aliphatic carbocycles. The van der Waals surface area contributed by atoms with Crippen LogP contribution < -0.4 is 10.9 Å². The largest absolute Gasteiger partial charge is 0.337 e. The second-order valence-electron chi connectivity index (χ2n) is 3.44. The highest BCUT2D eigenvalue weighted by Gasteiger charge is 2.06. The van der Waals surface area contributed by atoms with Crippen molar-refractivity contribution in [2.45, 2.75) is 13.3 Å². The summed E-state index contributed by atoms with van der Waals surface area (Å²) >= 11 is 0. The molecule has 0 atom stereocenters. The van der Waals surface area contributed by atoms with Crippen LogP contribution >= 0.6 is 0 Å². The van der Waals surface area contributed by atoms with Gasteiger partial charge in [0.25, 0.3) is 5.56 Å². The van der Waals surface area contributed by atoms with Gasteiger partial charge in [-0.25, -0.2) is 4.98 Å². The van der Waals surface area contributed by atoms with Crippen LogP contribution in [0.4, 0.5) is 11.5 Å². The molecule has 0 spiro atoms. The smallest absolute Gasteiger partial charge is 0.252 e. The molecule has 0 radical (unpaired) electrons. The van der Waals surface area contributed by atoms with E-state index in [0.717, 1.165) is 17.8 Å². The van der Waals surface area contributed by atoms with Crippen molar-refractivity contribution in [3.8, 4) is 0 Å². The molecular formula is C10H13N5O. The van der Waals surface area contributed by atoms with Gasteiger partial charge >= 0.3 is 0 Å². The molecule has 84 valence electrons. The Labute approximate surface area is 92.3 Å². The molecule has 0 aliphatic heterocycles. The zero-order chi connectivity index (χ0) is 11.5. The fourth-order valence-corrected chi connectivity index (χ4v) is 1.47. The summed E-state index contributed by atoms with van der Waals surface area (Å²) in [5, 5.41) is 7.36. The molecule has 0 fully saturated rings. The number of aromatic nitrogens is 4. The SMILES string of the molecule is CCc1nn(C)cc1Nc1cc(=O)[nH]cn1. The lowest BCUT2D eigenvalue weighted by atomic mass is 10.3. The van der Waals surface area contributed by atoms with Gasteiger partial charge in [0, 0.05) is 19.3 Å². The Balaban J connectivity index is 2.29. The highest BCUT2D eigenvalue weighted by atomic mass is 16.1. The van der Waals surface area contributed by atoms with Gasteiger partial charge in [-0.3, -0.25) is 9.48 Å². The molecular weight excluding hydrogens is 206 g/mol. The monoisotopic (exact) mass is 219 g/mol. The molecule has 6 nitrogen and oxygen atoms in total. The zero-order valence-corrected chi connectivity index (χ0v) is 9.19. The maximum Gasteiger partial charge on any atom is 0.252 e. The van der Waals surface area contributed by atoms with Crippen molar-refractivity contribution in [1.29, 1.82) is 0 Å². The molecule has 2 N–H and O–H groups in total. The minimum atomic E-state index is -0.181. The van der Waals surface area contributed by atoms with Gasteiger partial charge in [-0.2, -0.15) is 5.10 Å². The lowest BCUT2D eigenvalue weighted by Crippen LogP contribution is -2.06. The molecule has 0 saturated carbocycles. The Morgan fingerprint density at radius 2 is 2.38 bits per heavy atom. The van der Waals surface area contributed by atoms with E-state index in [-0.39, 0.29) is 5.56 Å². The van der Waals surface area contributed by atoms with Crippen LogP contribution in [-0.4, -0.2) is 19.7 Å². The van der Waals surface area contributed by atoms with Crippen LogP contribution in [0.25, 0.3) is 0 Å². The van der Waals surface area contributed by atoms with Gasteiger partial charge < -0.3 is 10.3 Å². The van der Waals surface area contributed by atoms with Crippen LogP contribution in [0, 0.1) is 0 Å². The second-order valence-corrected chi connectivity index (χ2v) is 3.44. The molecule has 6 heteroatoms. The van der Waals surface area contributed by atoms with Crippen molar-refractivity contribution in [2.24, 2.45) is 7.05 Å². The molecule has 2 rings (SSSR count). The van der Waals surface area contributed by atoms with E-state index in [1.165, 1.54) is 12.4 Å². The highest BCUT2D eigenvalue weighted by Crippen LogP contribution is 2.17. The Kier molecular flexibility index (Phi) is 2.72. The van der Waals surface area contributed by atoms with Gasteiger partial charge in [0.1, 0.15) is 5.82 Å². The van der Waals surface area contributed by atoms with Gasteiger partial charge in [-0.1, -0.05) is 6.92 Å². The second kappa shape index (κ2) is 4.18. The molecule has 0 bridgehead atoms. The minimum absolute atomic E-state index is 0.181. The minimum Gasteiger partial charge on any atom is -0.337 e. The number of nitrogens with zero attached hydrogens (tertiary/aromatic N) is 3. The van der Waals surface area contributed by atoms with Crippen LogP contribution in [0.2, 0.25) is 0 Å². The van der Waals surface area contributed by atoms with E-state index in [1.807, 2.05) is 20.2 Å². The third-order valence-electron chi connectivity index (χ3n) is 2.18. The highest BCUT2D eigenvalue weighted by molar-refractivity contribution is 5.57. The van der Waals surface area contributed by atoms with E-state index >= 15 is 0 Å². The summed E-state index contributed by atoms with van der Waals surface area (Å²) in [6.45, 7) is 2.03. The number of aryl methyl sites for hydroxylation is 2. The lowest BCUT2D eigenvalue weighted by Gasteiger charge is -2.02.